The third kappa shape index (κ3) is 4.23. The lowest BCUT2D eigenvalue weighted by Crippen LogP contribution is -2.07. The number of halogens is 1. The number of nitrogens with one attached hydrogen (secondary N) is 1. The van der Waals surface area contributed by atoms with Crippen LogP contribution in [0.5, 0.6) is 0 Å². The largest absolute Gasteiger partial charge is 0.393 e. The van der Waals surface area contributed by atoms with Gasteiger partial charge in [-0.1, -0.05) is 38.3 Å². The van der Waals surface area contributed by atoms with Crippen molar-refractivity contribution >= 4 is 23.1 Å². The summed E-state index contributed by atoms with van der Waals surface area (Å²) in [6.07, 6.45) is 4.99. The van der Waals surface area contributed by atoms with E-state index < -0.39 is 0 Å². The van der Waals surface area contributed by atoms with Crippen LogP contribution in [0, 0.1) is 5.92 Å². The Bertz CT molecular complexity index is 328. The van der Waals surface area contributed by atoms with Gasteiger partial charge in [-0.25, -0.2) is 9.97 Å². The highest BCUT2D eigenvalue weighted by molar-refractivity contribution is 6.32. The Morgan fingerprint density at radius 3 is 2.81 bits per heavy atom. The van der Waals surface area contributed by atoms with Gasteiger partial charge in [0.15, 0.2) is 11.0 Å². The summed E-state index contributed by atoms with van der Waals surface area (Å²) in [5.41, 5.74) is 6.15. The lowest BCUT2D eigenvalue weighted by molar-refractivity contribution is 0.544. The van der Waals surface area contributed by atoms with E-state index in [1.165, 1.54) is 19.2 Å². The van der Waals surface area contributed by atoms with Gasteiger partial charge in [-0.3, -0.25) is 0 Å². The van der Waals surface area contributed by atoms with E-state index in [0.717, 1.165) is 18.9 Å². The number of nitrogen functional groups attached to an aromatic ring is 1. The van der Waals surface area contributed by atoms with Crippen LogP contribution < -0.4 is 11.1 Å². The Morgan fingerprint density at radius 1 is 1.38 bits per heavy atom. The van der Waals surface area contributed by atoms with E-state index in [2.05, 4.69) is 29.1 Å². The first kappa shape index (κ1) is 13.0. The number of unbranched alkanes of at least 4 members (excludes halogenated alkanes) is 1. The van der Waals surface area contributed by atoms with Crippen molar-refractivity contribution in [1.29, 1.82) is 0 Å². The van der Waals surface area contributed by atoms with Crippen molar-refractivity contribution in [3.8, 4) is 0 Å². The average Bonchev–Trinajstić information content (AvgIpc) is 2.23. The molecule has 0 bridgehead atoms. The molecule has 0 aromatic carbocycles. The monoisotopic (exact) mass is 242 g/mol. The van der Waals surface area contributed by atoms with E-state index in [1.54, 1.807) is 0 Å². The zero-order valence-corrected chi connectivity index (χ0v) is 10.6. The first-order valence-electron chi connectivity index (χ1n) is 5.61. The number of nitrogens with zero attached hydrogens (tertiary/aromatic N) is 2. The van der Waals surface area contributed by atoms with Crippen LogP contribution in [0.3, 0.4) is 0 Å². The summed E-state index contributed by atoms with van der Waals surface area (Å²) in [5, 5.41) is 3.47. The van der Waals surface area contributed by atoms with Crippen molar-refractivity contribution in [2.45, 2.75) is 33.1 Å². The minimum atomic E-state index is 0.305. The van der Waals surface area contributed by atoms with Crippen LogP contribution >= 0.6 is 11.6 Å². The Hall–Kier alpha value is -1.03. The van der Waals surface area contributed by atoms with E-state index in [9.17, 15) is 0 Å². The molecule has 1 aromatic rings. The molecule has 1 heterocycles. The van der Waals surface area contributed by atoms with Crippen LogP contribution in [0.25, 0.3) is 0 Å². The van der Waals surface area contributed by atoms with Crippen molar-refractivity contribution in [2.75, 3.05) is 17.6 Å². The number of hydrogen-bond acceptors (Lipinski definition) is 4. The molecule has 0 amide bonds. The van der Waals surface area contributed by atoms with Crippen LogP contribution in [-0.2, 0) is 0 Å². The fraction of sp³-hybridized carbons (Fsp3) is 0.636. The van der Waals surface area contributed by atoms with Gasteiger partial charge < -0.3 is 11.1 Å². The summed E-state index contributed by atoms with van der Waals surface area (Å²) in [7, 11) is 0. The quantitative estimate of drug-likeness (QED) is 0.595. The van der Waals surface area contributed by atoms with Crippen LogP contribution in [0.1, 0.15) is 33.1 Å². The van der Waals surface area contributed by atoms with Crippen LogP contribution in [0.15, 0.2) is 6.33 Å². The van der Waals surface area contributed by atoms with Crippen molar-refractivity contribution < 1.29 is 0 Å². The molecule has 0 saturated heterocycles. The number of rotatable bonds is 6. The van der Waals surface area contributed by atoms with Crippen LogP contribution in [0.2, 0.25) is 5.15 Å². The molecular weight excluding hydrogens is 224 g/mol. The second-order valence-electron chi connectivity index (χ2n) is 4.24. The highest BCUT2D eigenvalue weighted by atomic mass is 35.5. The Morgan fingerprint density at radius 2 is 2.12 bits per heavy atom. The second-order valence-corrected chi connectivity index (χ2v) is 4.60. The fourth-order valence-electron chi connectivity index (χ4n) is 1.40. The maximum atomic E-state index is 5.78. The number of nitrogens with two attached hydrogens (primary N) is 1. The molecule has 0 aliphatic heterocycles. The molecule has 0 saturated carbocycles. The van der Waals surface area contributed by atoms with E-state index in [-0.39, 0.29) is 0 Å². The zero-order valence-electron chi connectivity index (χ0n) is 9.83. The van der Waals surface area contributed by atoms with Crippen molar-refractivity contribution in [3.05, 3.63) is 11.5 Å². The molecule has 0 unspecified atom stereocenters. The molecule has 5 heteroatoms. The molecule has 0 radical (unpaired) electrons. The van der Waals surface area contributed by atoms with Gasteiger partial charge >= 0.3 is 0 Å². The SMILES string of the molecule is CC(C)CCCCNc1ncnc(Cl)c1N. The molecule has 90 valence electrons. The van der Waals surface area contributed by atoms with Gasteiger partial charge in [0.1, 0.15) is 12.0 Å². The molecule has 1 aromatic heterocycles. The molecule has 1 rings (SSSR count). The highest BCUT2D eigenvalue weighted by Crippen LogP contribution is 2.21. The molecule has 4 nitrogen and oxygen atoms in total. The van der Waals surface area contributed by atoms with Gasteiger partial charge in [0, 0.05) is 6.54 Å². The van der Waals surface area contributed by atoms with E-state index in [1.807, 2.05) is 0 Å². The normalized spacial score (nSPS) is 10.8. The maximum absolute atomic E-state index is 5.78. The lowest BCUT2D eigenvalue weighted by atomic mass is 10.1. The molecule has 0 aliphatic carbocycles. The molecule has 16 heavy (non-hydrogen) atoms. The summed E-state index contributed by atoms with van der Waals surface area (Å²) in [6.45, 7) is 5.33. The van der Waals surface area contributed by atoms with Gasteiger partial charge in [-0.15, -0.1) is 0 Å². The van der Waals surface area contributed by atoms with Crippen LogP contribution in [0.4, 0.5) is 11.5 Å². The standard InChI is InChI=1S/C11H19ClN4/c1-8(2)5-3-4-6-14-11-9(13)10(12)15-7-16-11/h7-8H,3-6,13H2,1-2H3,(H,14,15,16). The van der Waals surface area contributed by atoms with Gasteiger partial charge in [0.2, 0.25) is 0 Å². The van der Waals surface area contributed by atoms with E-state index in [0.29, 0.717) is 16.7 Å². The smallest absolute Gasteiger partial charge is 0.157 e. The first-order valence-corrected chi connectivity index (χ1v) is 5.99. The summed E-state index contributed by atoms with van der Waals surface area (Å²) < 4.78 is 0. The molecule has 0 spiro atoms. The van der Waals surface area contributed by atoms with E-state index >= 15 is 0 Å². The molecule has 0 atom stereocenters. The van der Waals surface area contributed by atoms with Crippen molar-refractivity contribution in [1.82, 2.24) is 9.97 Å². The van der Waals surface area contributed by atoms with Crippen molar-refractivity contribution in [2.24, 2.45) is 5.92 Å². The van der Waals surface area contributed by atoms with Gasteiger partial charge in [0.25, 0.3) is 0 Å². The second kappa shape index (κ2) is 6.53. The molecular formula is C11H19ClN4. The minimum absolute atomic E-state index is 0.305. The third-order valence-electron chi connectivity index (χ3n) is 2.34. The van der Waals surface area contributed by atoms with E-state index in [4.69, 9.17) is 17.3 Å². The molecule has 3 N–H and O–H groups in total. The molecule has 0 fully saturated rings. The summed E-state index contributed by atoms with van der Waals surface area (Å²) in [4.78, 5) is 7.84. The van der Waals surface area contributed by atoms with Gasteiger partial charge in [-0.2, -0.15) is 0 Å². The third-order valence-corrected chi connectivity index (χ3v) is 2.64. The highest BCUT2D eigenvalue weighted by Gasteiger charge is 2.04. The summed E-state index contributed by atoms with van der Waals surface area (Å²) in [6, 6.07) is 0. The first-order chi connectivity index (χ1) is 7.61. The topological polar surface area (TPSA) is 63.8 Å². The Kier molecular flexibility index (Phi) is 5.32. The van der Waals surface area contributed by atoms with Crippen molar-refractivity contribution in [3.63, 3.8) is 0 Å². The molecule has 0 aliphatic rings. The Labute approximate surface area is 102 Å². The predicted molar refractivity (Wildman–Crippen MR) is 68.6 cm³/mol. The predicted octanol–water partition coefficient (Wildman–Crippen LogP) is 2.95. The van der Waals surface area contributed by atoms with Gasteiger partial charge in [-0.05, 0) is 12.3 Å². The average molecular weight is 243 g/mol. The number of anilines is 2. The fourth-order valence-corrected chi connectivity index (χ4v) is 1.53. The maximum Gasteiger partial charge on any atom is 0.157 e. The minimum Gasteiger partial charge on any atom is -0.393 e. The number of aromatic nitrogens is 2. The van der Waals surface area contributed by atoms with Gasteiger partial charge in [0.05, 0.1) is 0 Å². The summed E-state index contributed by atoms with van der Waals surface area (Å²) >= 11 is 5.78. The van der Waals surface area contributed by atoms with Crippen LogP contribution in [-0.4, -0.2) is 16.5 Å². The summed E-state index contributed by atoms with van der Waals surface area (Å²) in [5.74, 6) is 1.39. The number of hydrogen-bond donors (Lipinski definition) is 2. The zero-order chi connectivity index (χ0) is 12.0. The Balaban J connectivity index is 2.29. The lowest BCUT2D eigenvalue weighted by Gasteiger charge is -2.08.